The lowest BCUT2D eigenvalue weighted by atomic mass is 9.95. The molecule has 0 unspecified atom stereocenters. The molecule has 0 atom stereocenters. The van der Waals surface area contributed by atoms with Crippen LogP contribution in [0.25, 0.3) is 88.5 Å². The lowest BCUT2D eigenvalue weighted by molar-refractivity contribution is 1.24. The second-order valence-electron chi connectivity index (χ2n) is 12.2. The van der Waals surface area contributed by atoms with Gasteiger partial charge in [0, 0.05) is 21.9 Å². The van der Waals surface area contributed by atoms with Crippen LogP contribution in [0.3, 0.4) is 0 Å². The molecule has 8 aromatic carbocycles. The third-order valence-electron chi connectivity index (χ3n) is 9.26. The van der Waals surface area contributed by atoms with Gasteiger partial charge in [0.25, 0.3) is 0 Å². The van der Waals surface area contributed by atoms with Crippen LogP contribution in [0.5, 0.6) is 0 Å². The summed E-state index contributed by atoms with van der Waals surface area (Å²) in [5.74, 6) is 0.731. The zero-order chi connectivity index (χ0) is 31.9. The number of rotatable bonds is 5. The molecule has 0 N–H and O–H groups in total. The molecule has 0 fully saturated rings. The van der Waals surface area contributed by atoms with Crippen LogP contribution in [0.1, 0.15) is 0 Å². The third kappa shape index (κ3) is 5.10. The first-order chi connectivity index (χ1) is 23.8. The molecule has 48 heavy (non-hydrogen) atoms. The van der Waals surface area contributed by atoms with Crippen LogP contribution < -0.4 is 0 Å². The Kier molecular flexibility index (Phi) is 6.84. The summed E-state index contributed by atoms with van der Waals surface area (Å²) in [7, 11) is 0. The minimum atomic E-state index is 0.731. The highest BCUT2D eigenvalue weighted by atomic mass is 14.9. The Morgan fingerprint density at radius 2 is 0.792 bits per heavy atom. The van der Waals surface area contributed by atoms with Gasteiger partial charge in [0.2, 0.25) is 0 Å². The van der Waals surface area contributed by atoms with E-state index in [1.54, 1.807) is 0 Å². The van der Waals surface area contributed by atoms with E-state index in [9.17, 15) is 0 Å². The fraction of sp³-hybridized carbons (Fsp3) is 0. The minimum absolute atomic E-state index is 0.731. The average molecular weight is 611 g/mol. The first kappa shape index (κ1) is 27.9. The van der Waals surface area contributed by atoms with Crippen LogP contribution in [0.4, 0.5) is 0 Å². The molecule has 0 aliphatic heterocycles. The molecule has 2 nitrogen and oxygen atoms in total. The first-order valence-corrected chi connectivity index (χ1v) is 16.3. The van der Waals surface area contributed by atoms with Crippen molar-refractivity contribution >= 4 is 32.4 Å². The lowest BCUT2D eigenvalue weighted by Crippen LogP contribution is -1.96. The zero-order valence-corrected chi connectivity index (χ0v) is 26.2. The molecular formula is C46H30N2. The number of aromatic nitrogens is 2. The van der Waals surface area contributed by atoms with Crippen molar-refractivity contribution in [1.82, 2.24) is 9.97 Å². The smallest absolute Gasteiger partial charge is 0.160 e. The Bertz CT molecular complexity index is 2600. The standard InChI is InChI=1S/C46H30N2/c1-2-10-31(11-3-1)37-15-8-17-39(28-37)40-18-9-16-38(29-40)33-20-23-35(24-21-33)44-43-27-26-34-13-6-7-19-42(34)45(43)48-46(47-44)41-25-22-32-12-4-5-14-36(32)30-41/h1-30H. The molecule has 0 spiro atoms. The van der Waals surface area contributed by atoms with Gasteiger partial charge in [-0.05, 0) is 73.8 Å². The minimum Gasteiger partial charge on any atom is -0.227 e. The summed E-state index contributed by atoms with van der Waals surface area (Å²) in [5, 5.41) is 5.73. The van der Waals surface area contributed by atoms with E-state index in [0.29, 0.717) is 0 Å². The molecule has 1 aromatic heterocycles. The number of fused-ring (bicyclic) bond motifs is 4. The van der Waals surface area contributed by atoms with Crippen molar-refractivity contribution in [2.24, 2.45) is 0 Å². The normalized spacial score (nSPS) is 11.3. The molecule has 0 saturated carbocycles. The van der Waals surface area contributed by atoms with Gasteiger partial charge in [-0.2, -0.15) is 0 Å². The maximum atomic E-state index is 5.23. The van der Waals surface area contributed by atoms with Crippen molar-refractivity contribution in [3.05, 3.63) is 182 Å². The summed E-state index contributed by atoms with van der Waals surface area (Å²) < 4.78 is 0. The molecular weight excluding hydrogens is 581 g/mol. The van der Waals surface area contributed by atoms with Gasteiger partial charge in [0.15, 0.2) is 5.82 Å². The van der Waals surface area contributed by atoms with Gasteiger partial charge >= 0.3 is 0 Å². The van der Waals surface area contributed by atoms with E-state index in [-0.39, 0.29) is 0 Å². The van der Waals surface area contributed by atoms with Crippen molar-refractivity contribution in [3.8, 4) is 56.0 Å². The fourth-order valence-corrected chi connectivity index (χ4v) is 6.75. The van der Waals surface area contributed by atoms with Gasteiger partial charge in [-0.3, -0.25) is 0 Å². The zero-order valence-electron chi connectivity index (χ0n) is 26.2. The molecule has 2 heteroatoms. The predicted octanol–water partition coefficient (Wildman–Crippen LogP) is 12.3. The quantitative estimate of drug-likeness (QED) is 0.181. The summed E-state index contributed by atoms with van der Waals surface area (Å²) in [6.07, 6.45) is 0. The van der Waals surface area contributed by atoms with Crippen LogP contribution in [-0.4, -0.2) is 9.97 Å². The van der Waals surface area contributed by atoms with Crippen LogP contribution in [-0.2, 0) is 0 Å². The lowest BCUT2D eigenvalue weighted by Gasteiger charge is -2.13. The Morgan fingerprint density at radius 1 is 0.271 bits per heavy atom. The van der Waals surface area contributed by atoms with Crippen molar-refractivity contribution in [3.63, 3.8) is 0 Å². The van der Waals surface area contributed by atoms with Gasteiger partial charge in [0.05, 0.1) is 11.2 Å². The summed E-state index contributed by atoms with van der Waals surface area (Å²) in [6.45, 7) is 0. The summed E-state index contributed by atoms with van der Waals surface area (Å²) >= 11 is 0. The summed E-state index contributed by atoms with van der Waals surface area (Å²) in [4.78, 5) is 10.4. The Labute approximate surface area is 279 Å². The van der Waals surface area contributed by atoms with E-state index in [0.717, 1.165) is 38.9 Å². The van der Waals surface area contributed by atoms with Crippen molar-refractivity contribution < 1.29 is 0 Å². The van der Waals surface area contributed by atoms with Crippen molar-refractivity contribution in [1.29, 1.82) is 0 Å². The molecule has 9 aromatic rings. The third-order valence-corrected chi connectivity index (χ3v) is 9.26. The van der Waals surface area contributed by atoms with Crippen molar-refractivity contribution in [2.45, 2.75) is 0 Å². The highest BCUT2D eigenvalue weighted by Crippen LogP contribution is 2.36. The second-order valence-corrected chi connectivity index (χ2v) is 12.2. The molecule has 0 aliphatic rings. The van der Waals surface area contributed by atoms with E-state index in [2.05, 4.69) is 182 Å². The Balaban J connectivity index is 1.12. The van der Waals surface area contributed by atoms with Gasteiger partial charge in [-0.15, -0.1) is 0 Å². The second kappa shape index (κ2) is 11.8. The largest absolute Gasteiger partial charge is 0.227 e. The maximum Gasteiger partial charge on any atom is 0.160 e. The molecule has 0 bridgehead atoms. The van der Waals surface area contributed by atoms with Crippen LogP contribution in [0, 0.1) is 0 Å². The van der Waals surface area contributed by atoms with E-state index in [1.807, 2.05) is 0 Å². The monoisotopic (exact) mass is 610 g/mol. The van der Waals surface area contributed by atoms with Crippen molar-refractivity contribution in [2.75, 3.05) is 0 Å². The molecule has 0 radical (unpaired) electrons. The highest BCUT2D eigenvalue weighted by Gasteiger charge is 2.15. The fourth-order valence-electron chi connectivity index (χ4n) is 6.75. The summed E-state index contributed by atoms with van der Waals surface area (Å²) in [6, 6.07) is 64.6. The SMILES string of the molecule is c1ccc(-c2cccc(-c3cccc(-c4ccc(-c5nc(-c6ccc7ccccc7c6)nc6c5ccc5ccccc56)cc4)c3)c2)cc1. The topological polar surface area (TPSA) is 25.8 Å². The molecule has 224 valence electrons. The van der Waals surface area contributed by atoms with Crippen LogP contribution in [0.15, 0.2) is 182 Å². The van der Waals surface area contributed by atoms with Crippen LogP contribution in [0.2, 0.25) is 0 Å². The Hall–Kier alpha value is -6.38. The highest BCUT2D eigenvalue weighted by molar-refractivity contribution is 6.09. The average Bonchev–Trinajstić information content (AvgIpc) is 3.17. The predicted molar refractivity (Wildman–Crippen MR) is 202 cm³/mol. The van der Waals surface area contributed by atoms with Gasteiger partial charge in [-0.1, -0.05) is 158 Å². The molecule has 1 heterocycles. The molecule has 0 saturated heterocycles. The van der Waals surface area contributed by atoms with E-state index in [1.165, 1.54) is 49.5 Å². The number of hydrogen-bond donors (Lipinski definition) is 0. The molecule has 0 aliphatic carbocycles. The maximum absolute atomic E-state index is 5.23. The van der Waals surface area contributed by atoms with Crippen LogP contribution >= 0.6 is 0 Å². The number of nitrogens with zero attached hydrogens (tertiary/aromatic N) is 2. The Morgan fingerprint density at radius 3 is 1.52 bits per heavy atom. The van der Waals surface area contributed by atoms with Gasteiger partial charge in [-0.25, -0.2) is 9.97 Å². The van der Waals surface area contributed by atoms with E-state index in [4.69, 9.17) is 9.97 Å². The van der Waals surface area contributed by atoms with Gasteiger partial charge < -0.3 is 0 Å². The van der Waals surface area contributed by atoms with E-state index < -0.39 is 0 Å². The first-order valence-electron chi connectivity index (χ1n) is 16.3. The number of benzene rings is 8. The van der Waals surface area contributed by atoms with Gasteiger partial charge in [0.1, 0.15) is 0 Å². The van der Waals surface area contributed by atoms with E-state index >= 15 is 0 Å². The summed E-state index contributed by atoms with van der Waals surface area (Å²) in [5.41, 5.74) is 11.2. The number of hydrogen-bond acceptors (Lipinski definition) is 2. The molecule has 9 rings (SSSR count). The molecule has 0 amide bonds.